The highest BCUT2D eigenvalue weighted by Crippen LogP contribution is 2.30. The van der Waals surface area contributed by atoms with Crippen LogP contribution in [0.25, 0.3) is 21.8 Å². The molecule has 0 aliphatic carbocycles. The average Bonchev–Trinajstić information content (AvgIpc) is 3.10. The van der Waals surface area contributed by atoms with Gasteiger partial charge in [0.05, 0.1) is 12.5 Å². The summed E-state index contributed by atoms with van der Waals surface area (Å²) in [6, 6.07) is 11.9. The number of hydrogen-bond acceptors (Lipinski definition) is 3. The summed E-state index contributed by atoms with van der Waals surface area (Å²) in [5, 5.41) is 6.02. The zero-order chi connectivity index (χ0) is 21.3. The van der Waals surface area contributed by atoms with Crippen LogP contribution in [0.5, 0.6) is 0 Å². The SMILES string of the molecule is CCOC(=O)N1CCC(NC(=O)C(C)c2ccc3c(c2)[nH]c2ccc(Cl)cc23)CC1. The molecule has 4 rings (SSSR count). The minimum absolute atomic E-state index is 0.00286. The van der Waals surface area contributed by atoms with Crippen molar-refractivity contribution in [1.29, 1.82) is 0 Å². The van der Waals surface area contributed by atoms with Gasteiger partial charge in [0.2, 0.25) is 5.91 Å². The third-order valence-electron chi connectivity index (χ3n) is 5.85. The zero-order valence-electron chi connectivity index (χ0n) is 17.2. The molecule has 0 saturated carbocycles. The van der Waals surface area contributed by atoms with E-state index in [-0.39, 0.29) is 24.0 Å². The van der Waals surface area contributed by atoms with Crippen molar-refractivity contribution in [3.05, 3.63) is 47.0 Å². The minimum atomic E-state index is -0.274. The Balaban J connectivity index is 1.42. The summed E-state index contributed by atoms with van der Waals surface area (Å²) in [4.78, 5) is 29.8. The van der Waals surface area contributed by atoms with E-state index < -0.39 is 0 Å². The van der Waals surface area contributed by atoms with Gasteiger partial charge >= 0.3 is 6.09 Å². The zero-order valence-corrected chi connectivity index (χ0v) is 18.0. The predicted molar refractivity (Wildman–Crippen MR) is 119 cm³/mol. The Morgan fingerprint density at radius 3 is 2.67 bits per heavy atom. The molecule has 2 N–H and O–H groups in total. The number of halogens is 1. The predicted octanol–water partition coefficient (Wildman–Crippen LogP) is 4.82. The normalized spacial score (nSPS) is 16.0. The largest absolute Gasteiger partial charge is 0.450 e. The van der Waals surface area contributed by atoms with Gasteiger partial charge in [0, 0.05) is 46.0 Å². The Morgan fingerprint density at radius 1 is 1.17 bits per heavy atom. The first-order chi connectivity index (χ1) is 14.5. The summed E-state index contributed by atoms with van der Waals surface area (Å²) in [6.45, 7) is 5.29. The fourth-order valence-corrected chi connectivity index (χ4v) is 4.23. The molecule has 1 atom stereocenters. The number of rotatable bonds is 4. The fraction of sp³-hybridized carbons (Fsp3) is 0.391. The van der Waals surface area contributed by atoms with E-state index in [1.807, 2.05) is 43.3 Å². The lowest BCUT2D eigenvalue weighted by Gasteiger charge is -2.32. The second-order valence-electron chi connectivity index (χ2n) is 7.81. The van der Waals surface area contributed by atoms with E-state index in [0.29, 0.717) is 24.7 Å². The Bertz CT molecular complexity index is 1090. The number of piperidine rings is 1. The topological polar surface area (TPSA) is 74.4 Å². The van der Waals surface area contributed by atoms with Crippen LogP contribution in [-0.4, -0.2) is 47.6 Å². The van der Waals surface area contributed by atoms with Crippen LogP contribution in [0, 0.1) is 0 Å². The van der Waals surface area contributed by atoms with Crippen LogP contribution in [0.1, 0.15) is 38.2 Å². The number of fused-ring (bicyclic) bond motifs is 3. The summed E-state index contributed by atoms with van der Waals surface area (Å²) >= 11 is 6.14. The Kier molecular flexibility index (Phi) is 5.86. The minimum Gasteiger partial charge on any atom is -0.450 e. The van der Waals surface area contributed by atoms with Crippen molar-refractivity contribution in [1.82, 2.24) is 15.2 Å². The summed E-state index contributed by atoms with van der Waals surface area (Å²) in [5.74, 6) is -0.268. The van der Waals surface area contributed by atoms with Gasteiger partial charge in [-0.25, -0.2) is 4.79 Å². The number of carbonyl (C=O) groups excluding carboxylic acids is 2. The Morgan fingerprint density at radius 2 is 1.93 bits per heavy atom. The second-order valence-corrected chi connectivity index (χ2v) is 8.25. The maximum absolute atomic E-state index is 12.8. The molecular formula is C23H26ClN3O3. The molecule has 2 heterocycles. The third-order valence-corrected chi connectivity index (χ3v) is 6.08. The number of ether oxygens (including phenoxy) is 1. The molecule has 0 radical (unpaired) electrons. The second kappa shape index (κ2) is 8.56. The van der Waals surface area contributed by atoms with E-state index >= 15 is 0 Å². The van der Waals surface area contributed by atoms with Crippen LogP contribution in [0.4, 0.5) is 4.79 Å². The van der Waals surface area contributed by atoms with E-state index in [4.69, 9.17) is 16.3 Å². The van der Waals surface area contributed by atoms with Gasteiger partial charge in [-0.3, -0.25) is 4.79 Å². The van der Waals surface area contributed by atoms with Gasteiger partial charge in [-0.2, -0.15) is 0 Å². The molecule has 1 aliphatic rings. The van der Waals surface area contributed by atoms with Crippen LogP contribution < -0.4 is 5.32 Å². The van der Waals surface area contributed by atoms with Crippen LogP contribution in [0.2, 0.25) is 5.02 Å². The Hall–Kier alpha value is -2.73. The van der Waals surface area contributed by atoms with Crippen molar-refractivity contribution in [3.8, 4) is 0 Å². The molecule has 158 valence electrons. The van der Waals surface area contributed by atoms with Crippen molar-refractivity contribution in [2.75, 3.05) is 19.7 Å². The third kappa shape index (κ3) is 4.10. The molecule has 0 spiro atoms. The molecule has 1 saturated heterocycles. The standard InChI is InChI=1S/C23H26ClN3O3/c1-3-30-23(29)27-10-8-17(9-11-27)25-22(28)14(2)15-4-6-18-19-13-16(24)5-7-20(19)26-21(18)12-15/h4-7,12-14,17,26H,3,8-11H2,1-2H3,(H,25,28). The number of hydrogen-bond donors (Lipinski definition) is 2. The molecule has 2 aromatic carbocycles. The van der Waals surface area contributed by atoms with E-state index in [9.17, 15) is 9.59 Å². The lowest BCUT2D eigenvalue weighted by atomic mass is 9.97. The molecular weight excluding hydrogens is 402 g/mol. The van der Waals surface area contributed by atoms with Crippen molar-refractivity contribution >= 4 is 45.4 Å². The number of nitrogens with zero attached hydrogens (tertiary/aromatic N) is 1. The van der Waals surface area contributed by atoms with E-state index in [2.05, 4.69) is 10.3 Å². The van der Waals surface area contributed by atoms with Crippen LogP contribution in [0.3, 0.4) is 0 Å². The number of nitrogens with one attached hydrogen (secondary N) is 2. The molecule has 2 amide bonds. The number of likely N-dealkylation sites (tertiary alicyclic amines) is 1. The molecule has 0 bridgehead atoms. The average molecular weight is 428 g/mol. The highest BCUT2D eigenvalue weighted by molar-refractivity contribution is 6.31. The van der Waals surface area contributed by atoms with Gasteiger partial charge in [0.1, 0.15) is 0 Å². The maximum atomic E-state index is 12.8. The summed E-state index contributed by atoms with van der Waals surface area (Å²) < 4.78 is 5.05. The fourth-order valence-electron chi connectivity index (χ4n) is 4.06. The molecule has 1 fully saturated rings. The van der Waals surface area contributed by atoms with Crippen molar-refractivity contribution < 1.29 is 14.3 Å². The number of carbonyl (C=O) groups is 2. The number of benzene rings is 2. The molecule has 3 aromatic rings. The van der Waals surface area contributed by atoms with E-state index in [1.54, 1.807) is 11.8 Å². The lowest BCUT2D eigenvalue weighted by molar-refractivity contribution is -0.123. The van der Waals surface area contributed by atoms with Gasteiger partial charge in [-0.05, 0) is 56.5 Å². The quantitative estimate of drug-likeness (QED) is 0.627. The highest BCUT2D eigenvalue weighted by Gasteiger charge is 2.26. The van der Waals surface area contributed by atoms with E-state index in [0.717, 1.165) is 40.2 Å². The van der Waals surface area contributed by atoms with Crippen LogP contribution in [-0.2, 0) is 9.53 Å². The molecule has 7 heteroatoms. The van der Waals surface area contributed by atoms with Gasteiger partial charge in [0.25, 0.3) is 0 Å². The number of aromatic nitrogens is 1. The molecule has 1 aromatic heterocycles. The van der Waals surface area contributed by atoms with Crippen molar-refractivity contribution in [3.63, 3.8) is 0 Å². The van der Waals surface area contributed by atoms with Gasteiger partial charge in [-0.1, -0.05) is 23.7 Å². The first kappa shape index (κ1) is 20.5. The number of amides is 2. The monoisotopic (exact) mass is 427 g/mol. The van der Waals surface area contributed by atoms with Crippen LogP contribution >= 0.6 is 11.6 Å². The first-order valence-electron chi connectivity index (χ1n) is 10.4. The van der Waals surface area contributed by atoms with Crippen molar-refractivity contribution in [2.24, 2.45) is 0 Å². The van der Waals surface area contributed by atoms with Crippen LogP contribution in [0.15, 0.2) is 36.4 Å². The summed E-state index contributed by atoms with van der Waals surface area (Å²) in [5.41, 5.74) is 2.98. The summed E-state index contributed by atoms with van der Waals surface area (Å²) in [6.07, 6.45) is 1.20. The molecule has 1 aliphatic heterocycles. The van der Waals surface area contributed by atoms with Gasteiger partial charge in [-0.15, -0.1) is 0 Å². The van der Waals surface area contributed by atoms with Gasteiger partial charge in [0.15, 0.2) is 0 Å². The lowest BCUT2D eigenvalue weighted by Crippen LogP contribution is -2.47. The van der Waals surface area contributed by atoms with E-state index in [1.165, 1.54) is 0 Å². The first-order valence-corrected chi connectivity index (χ1v) is 10.8. The van der Waals surface area contributed by atoms with Gasteiger partial charge < -0.3 is 19.9 Å². The number of aromatic amines is 1. The smallest absolute Gasteiger partial charge is 0.409 e. The maximum Gasteiger partial charge on any atom is 0.409 e. The summed E-state index contributed by atoms with van der Waals surface area (Å²) in [7, 11) is 0. The molecule has 30 heavy (non-hydrogen) atoms. The van der Waals surface area contributed by atoms with Crippen molar-refractivity contribution in [2.45, 2.75) is 38.6 Å². The highest BCUT2D eigenvalue weighted by atomic mass is 35.5. The molecule has 1 unspecified atom stereocenters. The molecule has 6 nitrogen and oxygen atoms in total. The number of H-pyrrole nitrogens is 1. The Labute approximate surface area is 180 Å².